The number of carbonyl (C=O) groups excluding carboxylic acids is 2. The van der Waals surface area contributed by atoms with Gasteiger partial charge in [-0.3, -0.25) is 9.59 Å². The minimum absolute atomic E-state index is 0.129. The molecule has 2 aromatic carbocycles. The maximum Gasteiger partial charge on any atom is 0.412 e. The average Bonchev–Trinajstić information content (AvgIpc) is 2.83. The van der Waals surface area contributed by atoms with Crippen molar-refractivity contribution in [2.45, 2.75) is 55.9 Å². The highest BCUT2D eigenvalue weighted by atomic mass is 32.2. The van der Waals surface area contributed by atoms with Crippen LogP contribution in [0.2, 0.25) is 0 Å². The minimum atomic E-state index is -4.80. The third kappa shape index (κ3) is 9.32. The summed E-state index contributed by atoms with van der Waals surface area (Å²) >= 11 is 1.40. The van der Waals surface area contributed by atoms with Crippen LogP contribution < -0.4 is 16.4 Å². The molecular formula is C26H34F3N3O4S2. The van der Waals surface area contributed by atoms with Crippen LogP contribution in [0.3, 0.4) is 0 Å². The van der Waals surface area contributed by atoms with Crippen LogP contribution in [0.1, 0.15) is 38.3 Å². The Bertz CT molecular complexity index is 1190. The highest BCUT2D eigenvalue weighted by Crippen LogP contribution is 2.34. The summed E-state index contributed by atoms with van der Waals surface area (Å²) in [5, 5.41) is 4.57. The van der Waals surface area contributed by atoms with Crippen LogP contribution in [-0.4, -0.2) is 56.8 Å². The fraction of sp³-hybridized carbons (Fsp3) is 0.462. The Kier molecular flexibility index (Phi) is 11.2. The fourth-order valence-electron chi connectivity index (χ4n) is 3.76. The van der Waals surface area contributed by atoms with Gasteiger partial charge in [0, 0.05) is 6.26 Å². The number of nitrogens with two attached hydrogens (primary N) is 1. The Morgan fingerprint density at radius 2 is 1.47 bits per heavy atom. The van der Waals surface area contributed by atoms with E-state index < -0.39 is 46.0 Å². The molecule has 2 amide bonds. The van der Waals surface area contributed by atoms with Gasteiger partial charge in [0.1, 0.15) is 6.04 Å². The molecule has 0 radical (unpaired) electrons. The van der Waals surface area contributed by atoms with Crippen LogP contribution in [0, 0.1) is 5.92 Å². The van der Waals surface area contributed by atoms with Crippen molar-refractivity contribution in [3.05, 3.63) is 54.1 Å². The monoisotopic (exact) mass is 573 g/mol. The summed E-state index contributed by atoms with van der Waals surface area (Å²) in [7, 11) is -3.38. The number of alkyl halides is 3. The van der Waals surface area contributed by atoms with E-state index >= 15 is 0 Å². The zero-order valence-electron chi connectivity index (χ0n) is 21.7. The zero-order valence-corrected chi connectivity index (χ0v) is 23.3. The first-order valence-electron chi connectivity index (χ1n) is 12.0. The lowest BCUT2D eigenvalue weighted by Crippen LogP contribution is -2.53. The topological polar surface area (TPSA) is 118 Å². The summed E-state index contributed by atoms with van der Waals surface area (Å²) in [6.45, 7) is 3.77. The molecule has 0 spiro atoms. The van der Waals surface area contributed by atoms with Gasteiger partial charge in [0.15, 0.2) is 15.9 Å². The first-order chi connectivity index (χ1) is 17.6. The highest BCUT2D eigenvalue weighted by Gasteiger charge is 2.43. The molecule has 0 saturated carbocycles. The number of hydrogen-bond donors (Lipinski definition) is 3. The van der Waals surface area contributed by atoms with Crippen molar-refractivity contribution in [1.82, 2.24) is 10.6 Å². The predicted octanol–water partition coefficient (Wildman–Crippen LogP) is 4.09. The van der Waals surface area contributed by atoms with Crippen LogP contribution >= 0.6 is 11.8 Å². The molecule has 0 unspecified atom stereocenters. The third-order valence-electron chi connectivity index (χ3n) is 5.78. The van der Waals surface area contributed by atoms with Gasteiger partial charge in [-0.25, -0.2) is 8.42 Å². The summed E-state index contributed by atoms with van der Waals surface area (Å²) in [5.74, 6) is -0.965. The van der Waals surface area contributed by atoms with Crippen LogP contribution in [-0.2, 0) is 19.4 Å². The first-order valence-corrected chi connectivity index (χ1v) is 15.2. The van der Waals surface area contributed by atoms with E-state index in [2.05, 4.69) is 10.6 Å². The molecule has 0 fully saturated rings. The van der Waals surface area contributed by atoms with Gasteiger partial charge in [0.2, 0.25) is 11.8 Å². The number of sulfone groups is 1. The van der Waals surface area contributed by atoms with Crippen molar-refractivity contribution >= 4 is 33.4 Å². The normalized spacial score (nSPS) is 14.6. The number of amides is 2. The van der Waals surface area contributed by atoms with Gasteiger partial charge in [-0.15, -0.1) is 0 Å². The average molecular weight is 574 g/mol. The van der Waals surface area contributed by atoms with Crippen molar-refractivity contribution in [3.8, 4) is 11.1 Å². The second kappa shape index (κ2) is 13.5. The molecule has 12 heteroatoms. The predicted molar refractivity (Wildman–Crippen MR) is 144 cm³/mol. The van der Waals surface area contributed by atoms with Gasteiger partial charge in [-0.2, -0.15) is 24.9 Å². The van der Waals surface area contributed by atoms with Crippen LogP contribution in [0.5, 0.6) is 0 Å². The number of halogens is 3. The molecule has 7 nitrogen and oxygen atoms in total. The molecule has 2 rings (SSSR count). The van der Waals surface area contributed by atoms with Crippen LogP contribution in [0.4, 0.5) is 13.2 Å². The Labute approximate surface area is 226 Å². The lowest BCUT2D eigenvalue weighted by molar-refractivity contribution is -0.164. The van der Waals surface area contributed by atoms with Crippen molar-refractivity contribution < 1.29 is 31.2 Å². The zero-order chi connectivity index (χ0) is 28.7. The van der Waals surface area contributed by atoms with Crippen LogP contribution in [0.25, 0.3) is 11.1 Å². The molecule has 0 aliphatic rings. The molecule has 0 heterocycles. The Morgan fingerprint density at radius 1 is 0.947 bits per heavy atom. The number of rotatable bonds is 12. The van der Waals surface area contributed by atoms with E-state index in [0.717, 1.165) is 6.26 Å². The maximum atomic E-state index is 14.0. The van der Waals surface area contributed by atoms with Crippen molar-refractivity contribution in [2.24, 2.45) is 11.7 Å². The Balaban J connectivity index is 2.24. The van der Waals surface area contributed by atoms with E-state index in [4.69, 9.17) is 5.73 Å². The number of benzene rings is 2. The minimum Gasteiger partial charge on any atom is -0.343 e. The number of nitrogens with one attached hydrogen (secondary N) is 2. The van der Waals surface area contributed by atoms with Gasteiger partial charge >= 0.3 is 6.18 Å². The molecule has 210 valence electrons. The quantitative estimate of drug-likeness (QED) is 0.352. The number of hydrogen-bond acceptors (Lipinski definition) is 6. The second-order valence-electron chi connectivity index (χ2n) is 9.48. The number of thioether (sulfide) groups is 1. The van der Waals surface area contributed by atoms with E-state index in [1.807, 2.05) is 13.8 Å². The van der Waals surface area contributed by atoms with Crippen molar-refractivity contribution in [2.75, 3.05) is 18.3 Å². The van der Waals surface area contributed by atoms with Crippen molar-refractivity contribution in [1.29, 1.82) is 0 Å². The lowest BCUT2D eigenvalue weighted by atomic mass is 10.00. The molecule has 4 N–H and O–H groups in total. The SMILES string of the molecule is CSCC[C@H](NC(=O)[C@@H](N)CC(C)C)C(=O)N[C@@H](c1ccc(-c2ccc(S(C)(=O)=O)cc2)cc1)C(F)(F)F. The maximum absolute atomic E-state index is 14.0. The van der Waals surface area contributed by atoms with Gasteiger partial charge in [0.05, 0.1) is 10.9 Å². The molecule has 2 aromatic rings. The smallest absolute Gasteiger partial charge is 0.343 e. The Morgan fingerprint density at radius 3 is 1.92 bits per heavy atom. The fourth-order valence-corrected chi connectivity index (χ4v) is 4.86. The summed E-state index contributed by atoms with van der Waals surface area (Å²) < 4.78 is 65.3. The van der Waals surface area contributed by atoms with Crippen LogP contribution in [0.15, 0.2) is 53.4 Å². The van der Waals surface area contributed by atoms with E-state index in [1.165, 1.54) is 48.2 Å². The van der Waals surface area contributed by atoms with E-state index in [0.29, 0.717) is 23.3 Å². The van der Waals surface area contributed by atoms with Gasteiger partial charge in [0.25, 0.3) is 0 Å². The molecule has 0 bridgehead atoms. The van der Waals surface area contributed by atoms with E-state index in [9.17, 15) is 31.2 Å². The largest absolute Gasteiger partial charge is 0.412 e. The van der Waals surface area contributed by atoms with Gasteiger partial charge < -0.3 is 16.4 Å². The third-order valence-corrected chi connectivity index (χ3v) is 7.55. The van der Waals surface area contributed by atoms with Gasteiger partial charge in [-0.1, -0.05) is 50.2 Å². The standard InChI is InChI=1S/C26H34F3N3O4S2/c1-16(2)15-21(30)24(33)31-22(13-14-37-3)25(34)32-23(26(27,28)29)19-7-5-17(6-8-19)18-9-11-20(12-10-18)38(4,35)36/h5-12,16,21-23H,13-15,30H2,1-4H3,(H,31,33)(H,32,34)/t21-,22-,23-/m0/s1. The second-order valence-corrected chi connectivity index (χ2v) is 12.5. The molecule has 0 aliphatic carbocycles. The Hall–Kier alpha value is -2.57. The first kappa shape index (κ1) is 31.6. The van der Waals surface area contributed by atoms with E-state index in [-0.39, 0.29) is 22.8 Å². The van der Waals surface area contributed by atoms with E-state index in [1.54, 1.807) is 18.4 Å². The molecule has 38 heavy (non-hydrogen) atoms. The highest BCUT2D eigenvalue weighted by molar-refractivity contribution is 7.98. The summed E-state index contributed by atoms with van der Waals surface area (Å²) in [6.07, 6.45) is -1.41. The summed E-state index contributed by atoms with van der Waals surface area (Å²) in [5.41, 5.74) is 6.90. The summed E-state index contributed by atoms with van der Waals surface area (Å²) in [4.78, 5) is 25.5. The molecular weight excluding hydrogens is 539 g/mol. The number of carbonyl (C=O) groups is 2. The molecule has 0 saturated heterocycles. The van der Waals surface area contributed by atoms with Crippen molar-refractivity contribution in [3.63, 3.8) is 0 Å². The molecule has 3 atom stereocenters. The molecule has 0 aliphatic heterocycles. The molecule has 0 aromatic heterocycles. The summed E-state index contributed by atoms with van der Waals surface area (Å²) in [6, 6.07) is 7.08. The van der Waals surface area contributed by atoms with Gasteiger partial charge in [-0.05, 0) is 59.6 Å². The lowest BCUT2D eigenvalue weighted by Gasteiger charge is -2.26.